The Morgan fingerprint density at radius 3 is 2.48 bits per heavy atom. The fourth-order valence-corrected chi connectivity index (χ4v) is 3.10. The van der Waals surface area contributed by atoms with E-state index in [0.717, 1.165) is 19.3 Å². The third-order valence-electron chi connectivity index (χ3n) is 4.21. The van der Waals surface area contributed by atoms with Gasteiger partial charge in [-0.2, -0.15) is 13.9 Å². The molecule has 1 unspecified atom stereocenters. The van der Waals surface area contributed by atoms with Gasteiger partial charge in [0.25, 0.3) is 0 Å². The van der Waals surface area contributed by atoms with Crippen molar-refractivity contribution in [3.8, 4) is 22.6 Å². The molecule has 0 radical (unpaired) electrons. The number of aromatic nitrogens is 2. The number of nitrogens with zero attached hydrogens (tertiary/aromatic N) is 2. The van der Waals surface area contributed by atoms with Crippen LogP contribution >= 0.6 is 0 Å². The van der Waals surface area contributed by atoms with Gasteiger partial charge in [-0.3, -0.25) is 0 Å². The van der Waals surface area contributed by atoms with Crippen molar-refractivity contribution in [3.05, 3.63) is 41.7 Å². The zero-order valence-corrected chi connectivity index (χ0v) is 12.7. The fraction of sp³-hybridized carbons (Fsp3) is 0.353. The first-order chi connectivity index (χ1) is 11.0. The van der Waals surface area contributed by atoms with E-state index >= 15 is 0 Å². The van der Waals surface area contributed by atoms with Crippen molar-refractivity contribution in [2.24, 2.45) is 0 Å². The SMILES string of the molecule is CC1=CC(c2c(O)cc(-c3cnn(C(F)F)c3)cc2O)CCC1. The van der Waals surface area contributed by atoms with Crippen LogP contribution < -0.4 is 0 Å². The van der Waals surface area contributed by atoms with E-state index in [-0.39, 0.29) is 17.4 Å². The van der Waals surface area contributed by atoms with Gasteiger partial charge in [0.2, 0.25) is 0 Å². The normalized spacial score (nSPS) is 18.3. The van der Waals surface area contributed by atoms with Crippen LogP contribution in [0.3, 0.4) is 0 Å². The van der Waals surface area contributed by atoms with Crippen LogP contribution in [0.4, 0.5) is 8.78 Å². The highest BCUT2D eigenvalue weighted by atomic mass is 19.3. The van der Waals surface area contributed by atoms with Gasteiger partial charge in [-0.05, 0) is 43.9 Å². The second-order valence-electron chi connectivity index (χ2n) is 5.93. The molecule has 0 amide bonds. The average Bonchev–Trinajstić information content (AvgIpc) is 2.96. The van der Waals surface area contributed by atoms with Crippen LogP contribution in [0.1, 0.15) is 44.2 Å². The molecule has 4 nitrogen and oxygen atoms in total. The third kappa shape index (κ3) is 3.06. The molecule has 1 aliphatic carbocycles. The van der Waals surface area contributed by atoms with Gasteiger partial charge < -0.3 is 10.2 Å². The number of phenols is 2. The summed E-state index contributed by atoms with van der Waals surface area (Å²) in [6.45, 7) is -0.687. The molecule has 1 aliphatic rings. The summed E-state index contributed by atoms with van der Waals surface area (Å²) in [6, 6.07) is 2.97. The minimum atomic E-state index is -2.72. The maximum Gasteiger partial charge on any atom is 0.333 e. The second-order valence-corrected chi connectivity index (χ2v) is 5.93. The minimum absolute atomic E-state index is 0.0263. The quantitative estimate of drug-likeness (QED) is 0.814. The number of hydrogen-bond acceptors (Lipinski definition) is 3. The first-order valence-corrected chi connectivity index (χ1v) is 7.51. The van der Waals surface area contributed by atoms with Crippen LogP contribution in [0.15, 0.2) is 36.2 Å². The van der Waals surface area contributed by atoms with Crippen molar-refractivity contribution in [1.82, 2.24) is 9.78 Å². The van der Waals surface area contributed by atoms with Gasteiger partial charge in [-0.15, -0.1) is 0 Å². The number of allylic oxidation sites excluding steroid dienone is 2. The summed E-state index contributed by atoms with van der Waals surface area (Å²) < 4.78 is 25.7. The molecule has 0 bridgehead atoms. The Labute approximate surface area is 132 Å². The first kappa shape index (κ1) is 15.5. The van der Waals surface area contributed by atoms with Crippen molar-refractivity contribution >= 4 is 0 Å². The number of hydrogen-bond donors (Lipinski definition) is 2. The summed E-state index contributed by atoms with van der Waals surface area (Å²) in [5, 5.41) is 24.2. The molecular formula is C17H18F2N2O2. The maximum absolute atomic E-state index is 12.6. The molecule has 1 heterocycles. The highest BCUT2D eigenvalue weighted by molar-refractivity contribution is 5.68. The molecule has 0 saturated heterocycles. The molecule has 0 fully saturated rings. The van der Waals surface area contributed by atoms with Crippen LogP contribution in [0.5, 0.6) is 11.5 Å². The number of phenolic OH excluding ortho intramolecular Hbond substituents is 2. The number of rotatable bonds is 3. The number of alkyl halides is 2. The zero-order valence-electron chi connectivity index (χ0n) is 12.7. The summed E-state index contributed by atoms with van der Waals surface area (Å²) in [5.74, 6) is -0.0805. The Morgan fingerprint density at radius 1 is 1.22 bits per heavy atom. The molecule has 2 aromatic rings. The predicted octanol–water partition coefficient (Wildman–Crippen LogP) is 4.57. The van der Waals surface area contributed by atoms with Crippen LogP contribution in [-0.2, 0) is 0 Å². The van der Waals surface area contributed by atoms with Crippen molar-refractivity contribution in [2.45, 2.75) is 38.7 Å². The first-order valence-electron chi connectivity index (χ1n) is 7.51. The molecule has 2 N–H and O–H groups in total. The lowest BCUT2D eigenvalue weighted by Crippen LogP contribution is -2.03. The Hall–Kier alpha value is -2.37. The van der Waals surface area contributed by atoms with Gasteiger partial charge in [-0.1, -0.05) is 11.6 Å². The van der Waals surface area contributed by atoms with E-state index in [1.807, 2.05) is 6.92 Å². The Bertz CT molecular complexity index is 730. The summed E-state index contributed by atoms with van der Waals surface area (Å²) in [4.78, 5) is 0. The van der Waals surface area contributed by atoms with Gasteiger partial charge >= 0.3 is 6.55 Å². The molecule has 3 rings (SSSR count). The van der Waals surface area contributed by atoms with E-state index in [0.29, 0.717) is 21.4 Å². The van der Waals surface area contributed by atoms with E-state index in [1.165, 1.54) is 30.1 Å². The molecule has 23 heavy (non-hydrogen) atoms. The molecule has 1 aromatic heterocycles. The van der Waals surface area contributed by atoms with E-state index in [2.05, 4.69) is 11.2 Å². The minimum Gasteiger partial charge on any atom is -0.507 e. The van der Waals surface area contributed by atoms with Gasteiger partial charge in [-0.25, -0.2) is 4.68 Å². The van der Waals surface area contributed by atoms with Crippen LogP contribution in [0.2, 0.25) is 0 Å². The third-order valence-corrected chi connectivity index (χ3v) is 4.21. The fourth-order valence-electron chi connectivity index (χ4n) is 3.10. The highest BCUT2D eigenvalue weighted by Crippen LogP contribution is 2.43. The Morgan fingerprint density at radius 2 is 1.91 bits per heavy atom. The smallest absolute Gasteiger partial charge is 0.333 e. The highest BCUT2D eigenvalue weighted by Gasteiger charge is 2.22. The van der Waals surface area contributed by atoms with E-state index in [9.17, 15) is 19.0 Å². The predicted molar refractivity (Wildman–Crippen MR) is 82.6 cm³/mol. The summed E-state index contributed by atoms with van der Waals surface area (Å²) >= 11 is 0. The molecule has 6 heteroatoms. The van der Waals surface area contributed by atoms with Crippen molar-refractivity contribution in [2.75, 3.05) is 0 Å². The second kappa shape index (κ2) is 6.02. The summed E-state index contributed by atoms with van der Waals surface area (Å²) in [6.07, 6.45) is 7.43. The van der Waals surface area contributed by atoms with Crippen LogP contribution in [0.25, 0.3) is 11.1 Å². The molecule has 1 aromatic carbocycles. The zero-order chi connectivity index (χ0) is 16.6. The molecule has 0 aliphatic heterocycles. The molecule has 122 valence electrons. The van der Waals surface area contributed by atoms with Gasteiger partial charge in [0.1, 0.15) is 11.5 Å². The molecule has 0 saturated carbocycles. The van der Waals surface area contributed by atoms with Crippen LogP contribution in [-0.4, -0.2) is 20.0 Å². The number of halogens is 2. The van der Waals surface area contributed by atoms with Crippen molar-refractivity contribution in [3.63, 3.8) is 0 Å². The van der Waals surface area contributed by atoms with Crippen molar-refractivity contribution in [1.29, 1.82) is 0 Å². The molecular weight excluding hydrogens is 302 g/mol. The van der Waals surface area contributed by atoms with Gasteiger partial charge in [0, 0.05) is 23.2 Å². The lowest BCUT2D eigenvalue weighted by atomic mass is 9.84. The Balaban J connectivity index is 1.98. The topological polar surface area (TPSA) is 58.3 Å². The largest absolute Gasteiger partial charge is 0.507 e. The van der Waals surface area contributed by atoms with E-state index in [4.69, 9.17) is 0 Å². The van der Waals surface area contributed by atoms with Gasteiger partial charge in [0.05, 0.1) is 6.20 Å². The molecule has 1 atom stereocenters. The number of benzene rings is 1. The van der Waals surface area contributed by atoms with Crippen molar-refractivity contribution < 1.29 is 19.0 Å². The summed E-state index contributed by atoms with van der Waals surface area (Å²) in [5.41, 5.74) is 2.60. The van der Waals surface area contributed by atoms with E-state index < -0.39 is 6.55 Å². The average molecular weight is 320 g/mol. The van der Waals surface area contributed by atoms with Crippen LogP contribution in [0, 0.1) is 0 Å². The van der Waals surface area contributed by atoms with E-state index in [1.54, 1.807) is 0 Å². The Kier molecular flexibility index (Phi) is 4.07. The monoisotopic (exact) mass is 320 g/mol. The standard InChI is InChI=1S/C17H18F2N2O2/c1-10-3-2-4-11(5-10)16-14(22)6-12(7-15(16)23)13-8-20-21(9-13)17(18)19/h5-9,11,17,22-23H,2-4H2,1H3. The molecule has 0 spiro atoms. The summed E-state index contributed by atoms with van der Waals surface area (Å²) in [7, 11) is 0. The maximum atomic E-state index is 12.6. The lowest BCUT2D eigenvalue weighted by molar-refractivity contribution is 0.0566. The van der Waals surface area contributed by atoms with Gasteiger partial charge in [0.15, 0.2) is 0 Å². The number of aromatic hydroxyl groups is 2. The lowest BCUT2D eigenvalue weighted by Gasteiger charge is -2.22.